The second-order valence-electron chi connectivity index (χ2n) is 6.22. The molecule has 0 radical (unpaired) electrons. The van der Waals surface area contributed by atoms with Crippen LogP contribution in [0, 0.1) is 6.92 Å². The predicted molar refractivity (Wildman–Crippen MR) is 87.7 cm³/mol. The highest BCUT2D eigenvalue weighted by molar-refractivity contribution is 5.89. The third kappa shape index (κ3) is 3.36. The van der Waals surface area contributed by atoms with E-state index in [0.717, 1.165) is 13.1 Å². The van der Waals surface area contributed by atoms with Gasteiger partial charge in [-0.3, -0.25) is 4.79 Å². The van der Waals surface area contributed by atoms with Gasteiger partial charge in [-0.1, -0.05) is 26.0 Å². The van der Waals surface area contributed by atoms with Crippen molar-refractivity contribution in [1.29, 1.82) is 0 Å². The zero-order valence-corrected chi connectivity index (χ0v) is 13.8. The molecule has 0 saturated carbocycles. The van der Waals surface area contributed by atoms with E-state index in [0.29, 0.717) is 19.0 Å². The number of benzene rings is 1. The number of piperazine rings is 1. The van der Waals surface area contributed by atoms with Crippen molar-refractivity contribution in [3.8, 4) is 0 Å². The molecular weight excluding hydrogens is 292 g/mol. The fourth-order valence-corrected chi connectivity index (χ4v) is 2.68. The van der Waals surface area contributed by atoms with Crippen LogP contribution in [0.4, 0.5) is 5.69 Å². The monoisotopic (exact) mass is 314 g/mol. The Morgan fingerprint density at radius 3 is 2.52 bits per heavy atom. The summed E-state index contributed by atoms with van der Waals surface area (Å²) in [6.45, 7) is 8.94. The lowest BCUT2D eigenvalue weighted by atomic mass is 10.2. The number of hydrogen-bond donors (Lipinski definition) is 0. The van der Waals surface area contributed by atoms with Gasteiger partial charge in [-0.25, -0.2) is 0 Å². The van der Waals surface area contributed by atoms with Crippen molar-refractivity contribution < 1.29 is 9.21 Å². The Kier molecular flexibility index (Phi) is 4.32. The molecule has 122 valence electrons. The molecule has 2 heterocycles. The van der Waals surface area contributed by atoms with E-state index in [1.54, 1.807) is 4.90 Å². The van der Waals surface area contributed by atoms with E-state index in [1.807, 2.05) is 13.8 Å². The van der Waals surface area contributed by atoms with Gasteiger partial charge in [-0.15, -0.1) is 10.2 Å². The largest absolute Gasteiger partial charge is 0.417 e. The molecule has 0 unspecified atom stereocenters. The van der Waals surface area contributed by atoms with Gasteiger partial charge in [0.05, 0.1) is 0 Å². The third-order valence-corrected chi connectivity index (χ3v) is 4.05. The third-order valence-electron chi connectivity index (χ3n) is 4.05. The normalized spacial score (nSPS) is 15.3. The average Bonchev–Trinajstić information content (AvgIpc) is 3.04. The molecule has 1 amide bonds. The summed E-state index contributed by atoms with van der Waals surface area (Å²) in [7, 11) is 0. The predicted octanol–water partition coefficient (Wildman–Crippen LogP) is 2.46. The fraction of sp³-hybridized carbons (Fsp3) is 0.471. The summed E-state index contributed by atoms with van der Waals surface area (Å²) < 4.78 is 5.46. The first-order valence-electron chi connectivity index (χ1n) is 7.99. The minimum atomic E-state index is -0.173. The summed E-state index contributed by atoms with van der Waals surface area (Å²) in [5.74, 6) is 0.556. The van der Waals surface area contributed by atoms with Crippen LogP contribution in [0.5, 0.6) is 0 Å². The summed E-state index contributed by atoms with van der Waals surface area (Å²) in [4.78, 5) is 16.5. The Morgan fingerprint density at radius 2 is 1.91 bits per heavy atom. The Hall–Kier alpha value is -2.37. The molecule has 1 aliphatic rings. The van der Waals surface area contributed by atoms with Crippen LogP contribution in [-0.4, -0.2) is 47.2 Å². The van der Waals surface area contributed by atoms with E-state index in [1.165, 1.54) is 11.3 Å². The van der Waals surface area contributed by atoms with Crippen molar-refractivity contribution >= 4 is 11.6 Å². The maximum Gasteiger partial charge on any atom is 0.311 e. The molecule has 0 spiro atoms. The number of aromatic nitrogens is 2. The molecule has 23 heavy (non-hydrogen) atoms. The van der Waals surface area contributed by atoms with Crippen LogP contribution in [0.15, 0.2) is 28.7 Å². The van der Waals surface area contributed by atoms with E-state index >= 15 is 0 Å². The summed E-state index contributed by atoms with van der Waals surface area (Å²) in [6, 6.07) is 8.43. The number of anilines is 1. The first kappa shape index (κ1) is 15.5. The summed E-state index contributed by atoms with van der Waals surface area (Å²) in [5, 5.41) is 7.81. The minimum Gasteiger partial charge on any atom is -0.417 e. The Labute approximate surface area is 136 Å². The standard InChI is InChI=1S/C17H22N4O2/c1-12(2)15-18-19-16(23-15)17(22)21-9-7-20(8-10-21)14-6-4-5-13(3)11-14/h4-6,11-12H,7-10H2,1-3H3. The van der Waals surface area contributed by atoms with Gasteiger partial charge >= 0.3 is 11.8 Å². The van der Waals surface area contributed by atoms with Crippen LogP contribution in [-0.2, 0) is 0 Å². The number of rotatable bonds is 3. The number of aryl methyl sites for hydroxylation is 1. The van der Waals surface area contributed by atoms with E-state index in [9.17, 15) is 4.79 Å². The highest BCUT2D eigenvalue weighted by Crippen LogP contribution is 2.19. The highest BCUT2D eigenvalue weighted by Gasteiger charge is 2.26. The number of nitrogens with zero attached hydrogens (tertiary/aromatic N) is 4. The topological polar surface area (TPSA) is 62.5 Å². The number of amides is 1. The smallest absolute Gasteiger partial charge is 0.311 e. The van der Waals surface area contributed by atoms with Crippen LogP contribution in [0.25, 0.3) is 0 Å². The van der Waals surface area contributed by atoms with Crippen LogP contribution >= 0.6 is 0 Å². The lowest BCUT2D eigenvalue weighted by Gasteiger charge is -2.35. The molecule has 3 rings (SSSR count). The van der Waals surface area contributed by atoms with Gasteiger partial charge in [0.15, 0.2) is 0 Å². The highest BCUT2D eigenvalue weighted by atomic mass is 16.4. The molecule has 0 aliphatic carbocycles. The Bertz CT molecular complexity index is 687. The SMILES string of the molecule is Cc1cccc(N2CCN(C(=O)c3nnc(C(C)C)o3)CC2)c1. The Balaban J connectivity index is 1.63. The van der Waals surface area contributed by atoms with E-state index in [-0.39, 0.29) is 17.7 Å². The van der Waals surface area contributed by atoms with Crippen molar-refractivity contribution in [2.24, 2.45) is 0 Å². The number of hydrogen-bond acceptors (Lipinski definition) is 5. The zero-order valence-electron chi connectivity index (χ0n) is 13.8. The molecule has 2 aromatic rings. The van der Waals surface area contributed by atoms with Gasteiger partial charge in [0.1, 0.15) is 0 Å². The lowest BCUT2D eigenvalue weighted by molar-refractivity contribution is 0.0704. The summed E-state index contributed by atoms with van der Waals surface area (Å²) in [5.41, 5.74) is 2.45. The van der Waals surface area contributed by atoms with E-state index in [4.69, 9.17) is 4.42 Å². The average molecular weight is 314 g/mol. The molecule has 1 aromatic carbocycles. The lowest BCUT2D eigenvalue weighted by Crippen LogP contribution is -2.48. The van der Waals surface area contributed by atoms with Crippen molar-refractivity contribution in [1.82, 2.24) is 15.1 Å². The summed E-state index contributed by atoms with van der Waals surface area (Å²) >= 11 is 0. The molecule has 1 fully saturated rings. The van der Waals surface area contributed by atoms with Crippen molar-refractivity contribution in [3.05, 3.63) is 41.6 Å². The van der Waals surface area contributed by atoms with Crippen LogP contribution in [0.3, 0.4) is 0 Å². The molecule has 0 atom stereocenters. The molecule has 1 aromatic heterocycles. The van der Waals surface area contributed by atoms with Gasteiger partial charge in [0.2, 0.25) is 5.89 Å². The summed E-state index contributed by atoms with van der Waals surface area (Å²) in [6.07, 6.45) is 0. The molecule has 1 aliphatic heterocycles. The maximum atomic E-state index is 12.4. The van der Waals surface area contributed by atoms with Crippen LogP contribution in [0.1, 0.15) is 41.9 Å². The second-order valence-corrected chi connectivity index (χ2v) is 6.22. The molecule has 0 N–H and O–H groups in total. The molecular formula is C17H22N4O2. The number of carbonyl (C=O) groups is 1. The molecule has 1 saturated heterocycles. The number of carbonyl (C=O) groups excluding carboxylic acids is 1. The Morgan fingerprint density at radius 1 is 1.17 bits per heavy atom. The maximum absolute atomic E-state index is 12.4. The van der Waals surface area contributed by atoms with E-state index in [2.05, 4.69) is 46.3 Å². The van der Waals surface area contributed by atoms with Gasteiger partial charge in [-0.2, -0.15) is 0 Å². The minimum absolute atomic E-state index is 0.0951. The van der Waals surface area contributed by atoms with Crippen molar-refractivity contribution in [2.75, 3.05) is 31.1 Å². The molecule has 0 bridgehead atoms. The first-order chi connectivity index (χ1) is 11.0. The van der Waals surface area contributed by atoms with Crippen LogP contribution < -0.4 is 4.90 Å². The van der Waals surface area contributed by atoms with Crippen molar-refractivity contribution in [3.63, 3.8) is 0 Å². The first-order valence-corrected chi connectivity index (χ1v) is 7.99. The van der Waals surface area contributed by atoms with Crippen LogP contribution in [0.2, 0.25) is 0 Å². The quantitative estimate of drug-likeness (QED) is 0.871. The van der Waals surface area contributed by atoms with E-state index < -0.39 is 0 Å². The molecule has 6 nitrogen and oxygen atoms in total. The second kappa shape index (κ2) is 6.40. The molecule has 6 heteroatoms. The van der Waals surface area contributed by atoms with Gasteiger partial charge < -0.3 is 14.2 Å². The fourth-order valence-electron chi connectivity index (χ4n) is 2.68. The van der Waals surface area contributed by atoms with Gasteiger partial charge in [-0.05, 0) is 24.6 Å². The van der Waals surface area contributed by atoms with Gasteiger partial charge in [0.25, 0.3) is 0 Å². The van der Waals surface area contributed by atoms with Crippen molar-refractivity contribution in [2.45, 2.75) is 26.7 Å². The zero-order chi connectivity index (χ0) is 16.4. The van der Waals surface area contributed by atoms with Gasteiger partial charge in [0, 0.05) is 37.8 Å².